The van der Waals surface area contributed by atoms with Crippen molar-refractivity contribution in [3.05, 3.63) is 23.8 Å². The maximum atomic E-state index is 11.5. The summed E-state index contributed by atoms with van der Waals surface area (Å²) in [5.74, 6) is -2.55. The molecule has 1 amide bonds. The molecule has 0 aromatic heterocycles. The van der Waals surface area contributed by atoms with E-state index in [0.29, 0.717) is 5.56 Å². The molecule has 22 heavy (non-hydrogen) atoms. The van der Waals surface area contributed by atoms with Crippen LogP contribution in [-0.2, 0) is 16.0 Å². The number of amides is 1. The SMILES string of the molecule is CC(C)(C)OC(=O)NC[C@@H](Cc1ccc(O)c(O)c1)C(=O)O. The quantitative estimate of drug-likeness (QED) is 0.617. The van der Waals surface area contributed by atoms with Gasteiger partial charge in [-0.2, -0.15) is 0 Å². The number of benzene rings is 1. The van der Waals surface area contributed by atoms with E-state index in [9.17, 15) is 24.9 Å². The average molecular weight is 311 g/mol. The van der Waals surface area contributed by atoms with E-state index in [1.54, 1.807) is 20.8 Å². The van der Waals surface area contributed by atoms with Gasteiger partial charge in [-0.1, -0.05) is 6.07 Å². The van der Waals surface area contributed by atoms with Crippen LogP contribution in [0.4, 0.5) is 4.79 Å². The van der Waals surface area contributed by atoms with Crippen molar-refractivity contribution in [1.29, 1.82) is 0 Å². The van der Waals surface area contributed by atoms with Gasteiger partial charge in [-0.3, -0.25) is 4.79 Å². The first-order chi connectivity index (χ1) is 10.1. The Labute approximate surface area is 128 Å². The number of phenols is 2. The minimum Gasteiger partial charge on any atom is -0.504 e. The summed E-state index contributed by atoms with van der Waals surface area (Å²) >= 11 is 0. The van der Waals surface area contributed by atoms with Crippen LogP contribution < -0.4 is 5.32 Å². The lowest BCUT2D eigenvalue weighted by Gasteiger charge is -2.21. The number of ether oxygens (including phenoxy) is 1. The molecule has 0 spiro atoms. The zero-order valence-corrected chi connectivity index (χ0v) is 12.8. The summed E-state index contributed by atoms with van der Waals surface area (Å²) in [7, 11) is 0. The van der Waals surface area contributed by atoms with E-state index in [1.807, 2.05) is 0 Å². The smallest absolute Gasteiger partial charge is 0.407 e. The van der Waals surface area contributed by atoms with Gasteiger partial charge in [0.2, 0.25) is 0 Å². The Kier molecular flexibility index (Phi) is 5.62. The Morgan fingerprint density at radius 1 is 1.23 bits per heavy atom. The molecule has 122 valence electrons. The first-order valence-electron chi connectivity index (χ1n) is 6.79. The molecule has 0 aliphatic rings. The summed E-state index contributed by atoms with van der Waals surface area (Å²) in [5, 5.41) is 30.3. The number of carbonyl (C=O) groups excluding carboxylic acids is 1. The molecule has 1 rings (SSSR count). The number of hydrogen-bond donors (Lipinski definition) is 4. The van der Waals surface area contributed by atoms with Gasteiger partial charge < -0.3 is 25.4 Å². The van der Waals surface area contributed by atoms with Crippen molar-refractivity contribution < 1.29 is 29.6 Å². The van der Waals surface area contributed by atoms with E-state index >= 15 is 0 Å². The highest BCUT2D eigenvalue weighted by Gasteiger charge is 2.22. The molecule has 7 heteroatoms. The third-order valence-corrected chi connectivity index (χ3v) is 2.76. The van der Waals surface area contributed by atoms with Crippen molar-refractivity contribution in [3.8, 4) is 11.5 Å². The molecule has 1 aromatic carbocycles. The molecule has 0 fully saturated rings. The normalized spacial score (nSPS) is 12.5. The van der Waals surface area contributed by atoms with Gasteiger partial charge in [-0.05, 0) is 44.9 Å². The fraction of sp³-hybridized carbons (Fsp3) is 0.467. The second-order valence-electron chi connectivity index (χ2n) is 5.95. The Morgan fingerprint density at radius 2 is 1.86 bits per heavy atom. The summed E-state index contributed by atoms with van der Waals surface area (Å²) in [4.78, 5) is 22.8. The number of alkyl carbamates (subject to hydrolysis) is 1. The van der Waals surface area contributed by atoms with Gasteiger partial charge in [0.25, 0.3) is 0 Å². The maximum Gasteiger partial charge on any atom is 0.407 e. The predicted molar refractivity (Wildman–Crippen MR) is 78.8 cm³/mol. The zero-order chi connectivity index (χ0) is 16.9. The molecule has 0 aliphatic carbocycles. The maximum absolute atomic E-state index is 11.5. The molecule has 0 aliphatic heterocycles. The lowest BCUT2D eigenvalue weighted by molar-refractivity contribution is -0.141. The molecule has 7 nitrogen and oxygen atoms in total. The van der Waals surface area contributed by atoms with Gasteiger partial charge in [-0.15, -0.1) is 0 Å². The van der Waals surface area contributed by atoms with E-state index in [2.05, 4.69) is 5.32 Å². The van der Waals surface area contributed by atoms with Crippen LogP contribution in [0.1, 0.15) is 26.3 Å². The van der Waals surface area contributed by atoms with E-state index in [-0.39, 0.29) is 24.5 Å². The molecular weight excluding hydrogens is 290 g/mol. The Morgan fingerprint density at radius 3 is 2.36 bits per heavy atom. The minimum atomic E-state index is -1.08. The number of hydrogen-bond acceptors (Lipinski definition) is 5. The number of carboxylic acids is 1. The lowest BCUT2D eigenvalue weighted by Crippen LogP contribution is -2.37. The number of nitrogens with one attached hydrogen (secondary N) is 1. The van der Waals surface area contributed by atoms with Gasteiger partial charge in [0.15, 0.2) is 11.5 Å². The summed E-state index contributed by atoms with van der Waals surface area (Å²) in [6.07, 6.45) is -0.591. The van der Waals surface area contributed by atoms with Gasteiger partial charge in [-0.25, -0.2) is 4.79 Å². The van der Waals surface area contributed by atoms with Crippen LogP contribution in [0.3, 0.4) is 0 Å². The van der Waals surface area contributed by atoms with Crippen LogP contribution in [0.25, 0.3) is 0 Å². The highest BCUT2D eigenvalue weighted by atomic mass is 16.6. The number of phenolic OH excluding ortho intramolecular Hbond substituents is 2. The Bertz CT molecular complexity index is 549. The molecule has 0 saturated heterocycles. The summed E-state index contributed by atoms with van der Waals surface area (Å²) in [6.45, 7) is 5.02. The molecule has 1 aromatic rings. The number of carboxylic acid groups (broad SMARTS) is 1. The molecular formula is C15H21NO6. The summed E-state index contributed by atoms with van der Waals surface area (Å²) < 4.78 is 5.04. The number of aromatic hydroxyl groups is 2. The Hall–Kier alpha value is -2.44. The van der Waals surface area contributed by atoms with E-state index < -0.39 is 23.6 Å². The van der Waals surface area contributed by atoms with Gasteiger partial charge in [0, 0.05) is 6.54 Å². The third kappa shape index (κ3) is 5.90. The van der Waals surface area contributed by atoms with Crippen molar-refractivity contribution in [3.63, 3.8) is 0 Å². The number of carbonyl (C=O) groups is 2. The number of rotatable bonds is 5. The van der Waals surface area contributed by atoms with Crippen molar-refractivity contribution in [2.24, 2.45) is 5.92 Å². The molecule has 0 radical (unpaired) electrons. The second-order valence-corrected chi connectivity index (χ2v) is 5.95. The van der Waals surface area contributed by atoms with E-state index in [4.69, 9.17) is 4.74 Å². The minimum absolute atomic E-state index is 0.0962. The molecule has 4 N–H and O–H groups in total. The molecule has 0 unspecified atom stereocenters. The van der Waals surface area contributed by atoms with Crippen LogP contribution in [0.15, 0.2) is 18.2 Å². The fourth-order valence-corrected chi connectivity index (χ4v) is 1.75. The zero-order valence-electron chi connectivity index (χ0n) is 12.8. The third-order valence-electron chi connectivity index (χ3n) is 2.76. The van der Waals surface area contributed by atoms with Crippen molar-refractivity contribution in [1.82, 2.24) is 5.32 Å². The van der Waals surface area contributed by atoms with Gasteiger partial charge >= 0.3 is 12.1 Å². The highest BCUT2D eigenvalue weighted by molar-refractivity contribution is 5.73. The average Bonchev–Trinajstić information content (AvgIpc) is 2.36. The monoisotopic (exact) mass is 311 g/mol. The van der Waals surface area contributed by atoms with Crippen molar-refractivity contribution in [2.75, 3.05) is 6.54 Å². The second kappa shape index (κ2) is 7.02. The van der Waals surface area contributed by atoms with Crippen LogP contribution in [0.5, 0.6) is 11.5 Å². The summed E-state index contributed by atoms with van der Waals surface area (Å²) in [5.41, 5.74) is -0.125. The predicted octanol–water partition coefficient (Wildman–Crippen LogP) is 1.87. The van der Waals surface area contributed by atoms with Gasteiger partial charge in [0.05, 0.1) is 5.92 Å². The van der Waals surface area contributed by atoms with E-state index in [0.717, 1.165) is 0 Å². The highest BCUT2D eigenvalue weighted by Crippen LogP contribution is 2.26. The van der Waals surface area contributed by atoms with E-state index in [1.165, 1.54) is 18.2 Å². The first kappa shape index (κ1) is 17.6. The molecule has 0 saturated carbocycles. The van der Waals surface area contributed by atoms with Crippen LogP contribution in [-0.4, -0.2) is 39.5 Å². The largest absolute Gasteiger partial charge is 0.504 e. The standard InChI is InChI=1S/C15H21NO6/c1-15(2,3)22-14(21)16-8-10(13(19)20)6-9-4-5-11(17)12(18)7-9/h4-5,7,10,17-18H,6,8H2,1-3H3,(H,16,21)(H,19,20)/t10-/m1/s1. The summed E-state index contributed by atoms with van der Waals surface area (Å²) in [6, 6.07) is 4.09. The van der Waals surface area contributed by atoms with Gasteiger partial charge in [0.1, 0.15) is 5.60 Å². The first-order valence-corrected chi connectivity index (χ1v) is 6.79. The van der Waals surface area contributed by atoms with Crippen molar-refractivity contribution >= 4 is 12.1 Å². The van der Waals surface area contributed by atoms with Crippen LogP contribution in [0, 0.1) is 5.92 Å². The number of aliphatic carboxylic acids is 1. The van der Waals surface area contributed by atoms with Crippen LogP contribution in [0.2, 0.25) is 0 Å². The van der Waals surface area contributed by atoms with Crippen LogP contribution >= 0.6 is 0 Å². The topological polar surface area (TPSA) is 116 Å². The lowest BCUT2D eigenvalue weighted by atomic mass is 9.99. The molecule has 1 atom stereocenters. The molecule has 0 bridgehead atoms. The molecule has 0 heterocycles. The Balaban J connectivity index is 2.64. The fourth-order valence-electron chi connectivity index (χ4n) is 1.75. The van der Waals surface area contributed by atoms with Crippen molar-refractivity contribution in [2.45, 2.75) is 32.8 Å².